The number of allylic oxidation sites excluding steroid dienone is 1. The van der Waals surface area contributed by atoms with Gasteiger partial charge in [-0.05, 0) is 31.5 Å². The van der Waals surface area contributed by atoms with Crippen molar-refractivity contribution >= 4 is 40.1 Å². The molecule has 1 rings (SSSR count). The Morgan fingerprint density at radius 2 is 2.31 bits per heavy atom. The Hall–Kier alpha value is -0.0200. The summed E-state index contributed by atoms with van der Waals surface area (Å²) in [5.41, 5.74) is 7.55. The Morgan fingerprint density at radius 3 is 2.77 bits per heavy atom. The molecule has 0 saturated carbocycles. The molecule has 0 saturated heterocycles. The predicted molar refractivity (Wildman–Crippen MR) is 61.7 cm³/mol. The summed E-state index contributed by atoms with van der Waals surface area (Å²) in [4.78, 5) is 0. The fourth-order valence-electron chi connectivity index (χ4n) is 1.02. The molecule has 13 heavy (non-hydrogen) atoms. The quantitative estimate of drug-likeness (QED) is 0.848. The first-order chi connectivity index (χ1) is 6.15. The van der Waals surface area contributed by atoms with E-state index in [0.717, 1.165) is 26.2 Å². The van der Waals surface area contributed by atoms with Gasteiger partial charge in [-0.3, -0.25) is 0 Å². The van der Waals surface area contributed by atoms with Gasteiger partial charge in [0.2, 0.25) is 0 Å². The molecule has 1 nitrogen and oxygen atoms in total. The van der Waals surface area contributed by atoms with Crippen LogP contribution in [0.1, 0.15) is 18.9 Å². The fourth-order valence-corrected chi connectivity index (χ4v) is 2.61. The molecule has 0 bridgehead atoms. The van der Waals surface area contributed by atoms with Crippen LogP contribution >= 0.6 is 34.5 Å². The maximum atomic E-state index is 5.98. The molecular formula is C9H11Cl2NS. The summed E-state index contributed by atoms with van der Waals surface area (Å²) in [6.45, 7) is 2.67. The van der Waals surface area contributed by atoms with Gasteiger partial charge < -0.3 is 5.73 Å². The average Bonchev–Trinajstić information content (AvgIpc) is 2.41. The third kappa shape index (κ3) is 2.99. The standard InChI is InChI=1S/C9H11Cl2NS/c1-6(3-2-4-12)7-5-8(10)13-9(7)11/h3,5H,2,4,12H2,1H3/b6-3-. The average molecular weight is 236 g/mol. The monoisotopic (exact) mass is 235 g/mol. The van der Waals surface area contributed by atoms with Crippen LogP contribution in [0.25, 0.3) is 5.57 Å². The molecule has 0 fully saturated rings. The molecule has 0 spiro atoms. The van der Waals surface area contributed by atoms with Crippen molar-refractivity contribution in [1.29, 1.82) is 0 Å². The molecule has 0 unspecified atom stereocenters. The highest BCUT2D eigenvalue weighted by atomic mass is 35.5. The molecule has 0 aromatic carbocycles. The summed E-state index contributed by atoms with van der Waals surface area (Å²) >= 11 is 13.2. The molecule has 0 aliphatic carbocycles. The van der Waals surface area contributed by atoms with E-state index in [4.69, 9.17) is 28.9 Å². The topological polar surface area (TPSA) is 26.0 Å². The maximum absolute atomic E-state index is 5.98. The number of hydrogen-bond donors (Lipinski definition) is 1. The van der Waals surface area contributed by atoms with Crippen molar-refractivity contribution in [2.45, 2.75) is 13.3 Å². The summed E-state index contributed by atoms with van der Waals surface area (Å²) in [6.07, 6.45) is 2.94. The first-order valence-corrected chi connectivity index (χ1v) is 5.54. The van der Waals surface area contributed by atoms with Crippen molar-refractivity contribution in [2.24, 2.45) is 5.73 Å². The molecular weight excluding hydrogens is 225 g/mol. The van der Waals surface area contributed by atoms with Crippen molar-refractivity contribution in [3.8, 4) is 0 Å². The zero-order valence-corrected chi connectivity index (χ0v) is 9.64. The zero-order valence-electron chi connectivity index (χ0n) is 7.31. The SMILES string of the molecule is C/C(=C/CCN)c1cc(Cl)sc1Cl. The van der Waals surface area contributed by atoms with Crippen LogP contribution in [0.2, 0.25) is 8.67 Å². The van der Waals surface area contributed by atoms with E-state index < -0.39 is 0 Å². The molecule has 0 radical (unpaired) electrons. The van der Waals surface area contributed by atoms with Gasteiger partial charge in [-0.25, -0.2) is 0 Å². The van der Waals surface area contributed by atoms with Crippen LogP contribution in [0.3, 0.4) is 0 Å². The van der Waals surface area contributed by atoms with Gasteiger partial charge in [0, 0.05) is 5.56 Å². The Balaban J connectivity index is 2.87. The smallest absolute Gasteiger partial charge is 0.102 e. The highest BCUT2D eigenvalue weighted by molar-refractivity contribution is 7.20. The highest BCUT2D eigenvalue weighted by Crippen LogP contribution is 2.35. The molecule has 1 aromatic heterocycles. The summed E-state index contributed by atoms with van der Waals surface area (Å²) in [7, 11) is 0. The summed E-state index contributed by atoms with van der Waals surface area (Å²) < 4.78 is 1.47. The normalized spacial score (nSPS) is 12.2. The van der Waals surface area contributed by atoms with Crippen molar-refractivity contribution < 1.29 is 0 Å². The van der Waals surface area contributed by atoms with Gasteiger partial charge in [-0.1, -0.05) is 29.3 Å². The van der Waals surface area contributed by atoms with Gasteiger partial charge in [-0.2, -0.15) is 0 Å². The molecule has 0 amide bonds. The van der Waals surface area contributed by atoms with Gasteiger partial charge in [0.1, 0.15) is 4.34 Å². The highest BCUT2D eigenvalue weighted by Gasteiger charge is 2.06. The lowest BCUT2D eigenvalue weighted by molar-refractivity contribution is 1.01. The minimum atomic E-state index is 0.660. The Kier molecular flexibility index (Phi) is 4.26. The fraction of sp³-hybridized carbons (Fsp3) is 0.333. The van der Waals surface area contributed by atoms with E-state index in [2.05, 4.69) is 6.08 Å². The van der Waals surface area contributed by atoms with Gasteiger partial charge >= 0.3 is 0 Å². The third-order valence-corrected chi connectivity index (χ3v) is 3.19. The Morgan fingerprint density at radius 1 is 1.62 bits per heavy atom. The van der Waals surface area contributed by atoms with Crippen LogP contribution in [0.4, 0.5) is 0 Å². The zero-order chi connectivity index (χ0) is 9.84. The molecule has 4 heteroatoms. The lowest BCUT2D eigenvalue weighted by Crippen LogP contribution is -1.95. The van der Waals surface area contributed by atoms with Crippen molar-refractivity contribution in [3.05, 3.63) is 26.4 Å². The van der Waals surface area contributed by atoms with E-state index in [-0.39, 0.29) is 0 Å². The number of rotatable bonds is 3. The van der Waals surface area contributed by atoms with Crippen LogP contribution in [-0.2, 0) is 0 Å². The second-order valence-corrected chi connectivity index (χ2v) is 4.99. The first-order valence-electron chi connectivity index (χ1n) is 3.97. The lowest BCUT2D eigenvalue weighted by atomic mass is 10.1. The van der Waals surface area contributed by atoms with Crippen molar-refractivity contribution in [3.63, 3.8) is 0 Å². The Labute approximate surface area is 92.2 Å². The third-order valence-electron chi connectivity index (χ3n) is 1.70. The van der Waals surface area contributed by atoms with E-state index in [1.165, 1.54) is 11.3 Å². The number of halogens is 2. The first kappa shape index (κ1) is 11.1. The molecule has 2 N–H and O–H groups in total. The predicted octanol–water partition coefficient (Wildman–Crippen LogP) is 3.81. The van der Waals surface area contributed by atoms with E-state index in [1.807, 2.05) is 13.0 Å². The number of nitrogens with two attached hydrogens (primary N) is 1. The molecule has 1 aromatic rings. The number of thiophene rings is 1. The summed E-state index contributed by atoms with van der Waals surface area (Å²) in [6, 6.07) is 1.89. The second kappa shape index (κ2) is 5.01. The van der Waals surface area contributed by atoms with E-state index in [9.17, 15) is 0 Å². The van der Waals surface area contributed by atoms with E-state index in [1.54, 1.807) is 0 Å². The summed E-state index contributed by atoms with van der Waals surface area (Å²) in [5, 5.41) is 0. The van der Waals surface area contributed by atoms with Crippen molar-refractivity contribution in [1.82, 2.24) is 0 Å². The molecule has 72 valence electrons. The molecule has 0 aliphatic rings. The van der Waals surface area contributed by atoms with Crippen LogP contribution in [0.5, 0.6) is 0 Å². The molecule has 0 aliphatic heterocycles. The molecule has 1 heterocycles. The van der Waals surface area contributed by atoms with Gasteiger partial charge in [-0.15, -0.1) is 11.3 Å². The largest absolute Gasteiger partial charge is 0.330 e. The van der Waals surface area contributed by atoms with Gasteiger partial charge in [0.15, 0.2) is 0 Å². The van der Waals surface area contributed by atoms with E-state index in [0.29, 0.717) is 6.54 Å². The Bertz CT molecular complexity index is 317. The van der Waals surface area contributed by atoms with Crippen LogP contribution < -0.4 is 5.73 Å². The van der Waals surface area contributed by atoms with Crippen molar-refractivity contribution in [2.75, 3.05) is 6.54 Å². The molecule has 0 atom stereocenters. The second-order valence-electron chi connectivity index (χ2n) is 2.70. The lowest BCUT2D eigenvalue weighted by Gasteiger charge is -1.97. The summed E-state index contributed by atoms with van der Waals surface area (Å²) in [5.74, 6) is 0. The minimum absolute atomic E-state index is 0.660. The van der Waals surface area contributed by atoms with Crippen LogP contribution in [0, 0.1) is 0 Å². The van der Waals surface area contributed by atoms with Gasteiger partial charge in [0.25, 0.3) is 0 Å². The minimum Gasteiger partial charge on any atom is -0.330 e. The van der Waals surface area contributed by atoms with Crippen LogP contribution in [-0.4, -0.2) is 6.54 Å². The maximum Gasteiger partial charge on any atom is 0.102 e. The van der Waals surface area contributed by atoms with E-state index >= 15 is 0 Å². The number of hydrogen-bond acceptors (Lipinski definition) is 2. The van der Waals surface area contributed by atoms with Gasteiger partial charge in [0.05, 0.1) is 4.34 Å². The van der Waals surface area contributed by atoms with Crippen LogP contribution in [0.15, 0.2) is 12.1 Å².